The number of carbonyl (C=O) groups excluding carboxylic acids is 2. The van der Waals surface area contributed by atoms with Gasteiger partial charge in [-0.1, -0.05) is 42.0 Å². The molecular weight excluding hydrogens is 304 g/mol. The predicted octanol–water partition coefficient (Wildman–Crippen LogP) is 2.36. The fraction of sp³-hybridized carbons (Fsp3) is 0.158. The van der Waals surface area contributed by atoms with Gasteiger partial charge in [-0.3, -0.25) is 9.59 Å². The Hall–Kier alpha value is -3.08. The monoisotopic (exact) mass is 324 g/mol. The number of ether oxygens (including phenoxy) is 1. The van der Waals surface area contributed by atoms with E-state index in [1.54, 1.807) is 37.5 Å². The maximum atomic E-state index is 12.1. The molecule has 1 atom stereocenters. The summed E-state index contributed by atoms with van der Waals surface area (Å²) in [4.78, 5) is 23.8. The molecule has 5 nitrogen and oxygen atoms in total. The van der Waals surface area contributed by atoms with E-state index in [9.17, 15) is 9.59 Å². The second-order valence-corrected chi connectivity index (χ2v) is 5.33. The van der Waals surface area contributed by atoms with E-state index in [4.69, 9.17) is 10.5 Å². The molecule has 0 aliphatic carbocycles. The number of methoxy groups -OCH3 is 1. The van der Waals surface area contributed by atoms with Gasteiger partial charge in [-0.2, -0.15) is 0 Å². The van der Waals surface area contributed by atoms with Gasteiger partial charge in [0, 0.05) is 11.6 Å². The van der Waals surface area contributed by atoms with E-state index in [0.29, 0.717) is 11.3 Å². The molecule has 0 heterocycles. The lowest BCUT2D eigenvalue weighted by atomic mass is 10.1. The summed E-state index contributed by atoms with van der Waals surface area (Å²) in [5.74, 6) is -0.360. The minimum absolute atomic E-state index is 0.411. The third-order valence-electron chi connectivity index (χ3n) is 3.50. The molecule has 24 heavy (non-hydrogen) atoms. The molecule has 0 saturated heterocycles. The molecular formula is C19H20N2O3. The first-order valence-electron chi connectivity index (χ1n) is 7.48. The Morgan fingerprint density at radius 1 is 1.17 bits per heavy atom. The largest absolute Gasteiger partial charge is 0.496 e. The zero-order chi connectivity index (χ0) is 17.5. The minimum Gasteiger partial charge on any atom is -0.496 e. The fourth-order valence-corrected chi connectivity index (χ4v) is 2.30. The van der Waals surface area contributed by atoms with Crippen LogP contribution in [0, 0.1) is 6.92 Å². The van der Waals surface area contributed by atoms with Crippen LogP contribution in [0.2, 0.25) is 0 Å². The molecule has 2 aromatic carbocycles. The summed E-state index contributed by atoms with van der Waals surface area (Å²) in [6.45, 7) is 1.95. The zero-order valence-electron chi connectivity index (χ0n) is 13.7. The van der Waals surface area contributed by atoms with Gasteiger partial charge in [-0.25, -0.2) is 0 Å². The third kappa shape index (κ3) is 4.46. The Labute approximate surface area is 141 Å². The van der Waals surface area contributed by atoms with Crippen LogP contribution in [0.3, 0.4) is 0 Å². The summed E-state index contributed by atoms with van der Waals surface area (Å²) in [6.07, 6.45) is 3.00. The standard InChI is InChI=1S/C19H20N2O3/c1-13-8-10-16(24-2)15(12-13)9-11-17(22)21-18(19(20)23)14-6-4-3-5-7-14/h3-12,18H,1-2H3,(H2,20,23)(H,21,22)/b11-9+. The topological polar surface area (TPSA) is 81.4 Å². The van der Waals surface area contributed by atoms with Crippen LogP contribution in [-0.2, 0) is 9.59 Å². The Morgan fingerprint density at radius 3 is 2.50 bits per heavy atom. The first-order valence-corrected chi connectivity index (χ1v) is 7.48. The number of hydrogen-bond acceptors (Lipinski definition) is 3. The second-order valence-electron chi connectivity index (χ2n) is 5.33. The van der Waals surface area contributed by atoms with Crippen molar-refractivity contribution in [1.29, 1.82) is 0 Å². The smallest absolute Gasteiger partial charge is 0.244 e. The van der Waals surface area contributed by atoms with Crippen LogP contribution in [0.4, 0.5) is 0 Å². The lowest BCUT2D eigenvalue weighted by molar-refractivity contribution is -0.125. The average Bonchev–Trinajstić information content (AvgIpc) is 2.58. The molecule has 0 aromatic heterocycles. The van der Waals surface area contributed by atoms with Crippen molar-refractivity contribution in [2.24, 2.45) is 5.73 Å². The molecule has 2 aromatic rings. The highest BCUT2D eigenvalue weighted by molar-refractivity contribution is 5.95. The van der Waals surface area contributed by atoms with E-state index < -0.39 is 17.9 Å². The summed E-state index contributed by atoms with van der Waals surface area (Å²) < 4.78 is 5.26. The first-order chi connectivity index (χ1) is 11.5. The number of aryl methyl sites for hydroxylation is 1. The van der Waals surface area contributed by atoms with Gasteiger partial charge in [0.15, 0.2) is 0 Å². The SMILES string of the molecule is COc1ccc(C)cc1/C=C/C(=O)NC(C(N)=O)c1ccccc1. The van der Waals surface area contributed by atoms with E-state index in [1.807, 2.05) is 31.2 Å². The van der Waals surface area contributed by atoms with E-state index in [1.165, 1.54) is 6.08 Å². The number of benzene rings is 2. The molecule has 0 aliphatic rings. The minimum atomic E-state index is -0.872. The van der Waals surface area contributed by atoms with Crippen LogP contribution >= 0.6 is 0 Å². The summed E-state index contributed by atoms with van der Waals surface area (Å²) in [5, 5.41) is 2.61. The van der Waals surface area contributed by atoms with Crippen LogP contribution in [0.1, 0.15) is 22.7 Å². The van der Waals surface area contributed by atoms with Gasteiger partial charge in [0.25, 0.3) is 0 Å². The zero-order valence-corrected chi connectivity index (χ0v) is 13.7. The highest BCUT2D eigenvalue weighted by atomic mass is 16.5. The van der Waals surface area contributed by atoms with E-state index in [-0.39, 0.29) is 0 Å². The van der Waals surface area contributed by atoms with Crippen molar-refractivity contribution in [1.82, 2.24) is 5.32 Å². The number of nitrogens with one attached hydrogen (secondary N) is 1. The number of amides is 2. The van der Waals surface area contributed by atoms with Crippen LogP contribution in [-0.4, -0.2) is 18.9 Å². The molecule has 0 bridgehead atoms. The fourth-order valence-electron chi connectivity index (χ4n) is 2.30. The van der Waals surface area contributed by atoms with Crippen molar-refractivity contribution in [2.75, 3.05) is 7.11 Å². The van der Waals surface area contributed by atoms with Gasteiger partial charge in [-0.05, 0) is 30.7 Å². The predicted molar refractivity (Wildman–Crippen MR) is 93.3 cm³/mol. The molecule has 0 fully saturated rings. The molecule has 0 radical (unpaired) electrons. The van der Waals surface area contributed by atoms with Crippen molar-refractivity contribution in [3.8, 4) is 5.75 Å². The summed E-state index contributed by atoms with van der Waals surface area (Å²) >= 11 is 0. The lowest BCUT2D eigenvalue weighted by Gasteiger charge is -2.14. The molecule has 0 spiro atoms. The van der Waals surface area contributed by atoms with Gasteiger partial charge >= 0.3 is 0 Å². The summed E-state index contributed by atoms with van der Waals surface area (Å²) in [6, 6.07) is 13.7. The number of rotatable bonds is 6. The molecule has 2 rings (SSSR count). The molecule has 2 amide bonds. The highest BCUT2D eigenvalue weighted by Gasteiger charge is 2.18. The van der Waals surface area contributed by atoms with Crippen molar-refractivity contribution < 1.29 is 14.3 Å². The van der Waals surface area contributed by atoms with Crippen LogP contribution in [0.15, 0.2) is 54.6 Å². The number of primary amides is 1. The number of carbonyl (C=O) groups is 2. The number of hydrogen-bond donors (Lipinski definition) is 2. The molecule has 0 aliphatic heterocycles. The van der Waals surface area contributed by atoms with Gasteiger partial charge in [0.05, 0.1) is 7.11 Å². The average molecular weight is 324 g/mol. The molecule has 1 unspecified atom stereocenters. The van der Waals surface area contributed by atoms with E-state index >= 15 is 0 Å². The van der Waals surface area contributed by atoms with Crippen molar-refractivity contribution >= 4 is 17.9 Å². The van der Waals surface area contributed by atoms with Crippen molar-refractivity contribution in [2.45, 2.75) is 13.0 Å². The van der Waals surface area contributed by atoms with Crippen LogP contribution < -0.4 is 15.8 Å². The van der Waals surface area contributed by atoms with Gasteiger partial charge in [0.2, 0.25) is 11.8 Å². The molecule has 5 heteroatoms. The second kappa shape index (κ2) is 7.97. The Balaban J connectivity index is 2.14. The quantitative estimate of drug-likeness (QED) is 0.800. The Morgan fingerprint density at radius 2 is 1.88 bits per heavy atom. The maximum absolute atomic E-state index is 12.1. The van der Waals surface area contributed by atoms with Crippen LogP contribution in [0.25, 0.3) is 6.08 Å². The number of nitrogens with two attached hydrogens (primary N) is 1. The van der Waals surface area contributed by atoms with Crippen LogP contribution in [0.5, 0.6) is 5.75 Å². The van der Waals surface area contributed by atoms with E-state index in [0.717, 1.165) is 11.1 Å². The lowest BCUT2D eigenvalue weighted by Crippen LogP contribution is -2.36. The van der Waals surface area contributed by atoms with Crippen molar-refractivity contribution in [3.05, 3.63) is 71.3 Å². The van der Waals surface area contributed by atoms with E-state index in [2.05, 4.69) is 5.32 Å². The van der Waals surface area contributed by atoms with Gasteiger partial charge in [-0.15, -0.1) is 0 Å². The normalized spacial score (nSPS) is 11.9. The maximum Gasteiger partial charge on any atom is 0.244 e. The van der Waals surface area contributed by atoms with Crippen molar-refractivity contribution in [3.63, 3.8) is 0 Å². The van der Waals surface area contributed by atoms with Gasteiger partial charge in [0.1, 0.15) is 11.8 Å². The molecule has 3 N–H and O–H groups in total. The van der Waals surface area contributed by atoms with Gasteiger partial charge < -0.3 is 15.8 Å². The first kappa shape index (κ1) is 17.3. The summed E-state index contributed by atoms with van der Waals surface area (Å²) in [5.41, 5.74) is 7.86. The highest BCUT2D eigenvalue weighted by Crippen LogP contribution is 2.21. The Bertz CT molecular complexity index is 754. The Kier molecular flexibility index (Phi) is 5.73. The molecule has 0 saturated carbocycles. The summed E-state index contributed by atoms with van der Waals surface area (Å²) in [7, 11) is 1.57. The molecule has 124 valence electrons. The third-order valence-corrected chi connectivity index (χ3v) is 3.50.